The van der Waals surface area contributed by atoms with Gasteiger partial charge in [-0.2, -0.15) is 5.10 Å². The molecule has 0 aliphatic carbocycles. The lowest BCUT2D eigenvalue weighted by atomic mass is 9.98. The van der Waals surface area contributed by atoms with Gasteiger partial charge in [-0.3, -0.25) is 9.89 Å². The monoisotopic (exact) mass is 232 g/mol. The molecule has 0 aromatic carbocycles. The van der Waals surface area contributed by atoms with Crippen LogP contribution in [0.1, 0.15) is 24.6 Å². The van der Waals surface area contributed by atoms with Gasteiger partial charge in [0.05, 0.1) is 0 Å². The average Bonchev–Trinajstić information content (AvgIpc) is 2.74. The first-order valence-electron chi connectivity index (χ1n) is 6.00. The third kappa shape index (κ3) is 1.76. The summed E-state index contributed by atoms with van der Waals surface area (Å²) in [6.07, 6.45) is 2.27. The van der Waals surface area contributed by atoms with E-state index in [0.29, 0.717) is 5.92 Å². The minimum absolute atomic E-state index is 0.000485. The van der Waals surface area contributed by atoms with Crippen LogP contribution in [-0.2, 0) is 0 Å². The molecule has 1 aliphatic rings. The highest BCUT2D eigenvalue weighted by molar-refractivity contribution is 5.37. The third-order valence-electron chi connectivity index (χ3n) is 3.46. The van der Waals surface area contributed by atoms with Gasteiger partial charge < -0.3 is 4.90 Å². The summed E-state index contributed by atoms with van der Waals surface area (Å²) < 4.78 is 1.70. The number of likely N-dealkylation sites (tertiary alicyclic amines) is 1. The fourth-order valence-electron chi connectivity index (χ4n) is 2.63. The van der Waals surface area contributed by atoms with Crippen molar-refractivity contribution in [2.45, 2.75) is 18.8 Å². The normalized spacial score (nSPS) is 22.1. The van der Waals surface area contributed by atoms with Crippen molar-refractivity contribution in [1.29, 1.82) is 0 Å². The van der Waals surface area contributed by atoms with Crippen molar-refractivity contribution in [3.63, 3.8) is 0 Å². The molecule has 3 rings (SSSR count). The molecule has 5 nitrogen and oxygen atoms in total. The number of fused-ring (bicyclic) bond motifs is 1. The number of aromatic amines is 1. The zero-order valence-electron chi connectivity index (χ0n) is 9.89. The van der Waals surface area contributed by atoms with Gasteiger partial charge in [-0.05, 0) is 32.5 Å². The zero-order valence-corrected chi connectivity index (χ0v) is 9.89. The van der Waals surface area contributed by atoms with E-state index in [2.05, 4.69) is 22.1 Å². The number of hydrogen-bond donors (Lipinski definition) is 1. The second kappa shape index (κ2) is 4.00. The van der Waals surface area contributed by atoms with Gasteiger partial charge in [0.1, 0.15) is 11.5 Å². The van der Waals surface area contributed by atoms with E-state index in [1.807, 2.05) is 6.07 Å². The summed E-state index contributed by atoms with van der Waals surface area (Å²) in [5.41, 5.74) is 0.778. The molecule has 1 saturated heterocycles. The highest BCUT2D eigenvalue weighted by atomic mass is 16.1. The third-order valence-corrected chi connectivity index (χ3v) is 3.46. The number of hydrogen-bond acceptors (Lipinski definition) is 3. The number of rotatable bonds is 1. The average molecular weight is 232 g/mol. The maximum atomic E-state index is 11.9. The van der Waals surface area contributed by atoms with E-state index in [9.17, 15) is 4.79 Å². The van der Waals surface area contributed by atoms with E-state index in [1.54, 1.807) is 16.5 Å². The molecule has 1 atom stereocenters. The van der Waals surface area contributed by atoms with Gasteiger partial charge in [0, 0.05) is 18.5 Å². The maximum Gasteiger partial charge on any atom is 0.257 e. The molecule has 1 fully saturated rings. The fraction of sp³-hybridized carbons (Fsp3) is 0.500. The Morgan fingerprint density at radius 1 is 1.47 bits per heavy atom. The number of nitrogens with one attached hydrogen (secondary N) is 1. The Morgan fingerprint density at radius 3 is 3.18 bits per heavy atom. The van der Waals surface area contributed by atoms with Gasteiger partial charge >= 0.3 is 0 Å². The number of H-pyrrole nitrogens is 1. The van der Waals surface area contributed by atoms with E-state index in [4.69, 9.17) is 0 Å². The lowest BCUT2D eigenvalue weighted by Crippen LogP contribution is -2.32. The van der Waals surface area contributed by atoms with Crippen LogP contribution in [0.2, 0.25) is 0 Å². The van der Waals surface area contributed by atoms with Crippen molar-refractivity contribution < 1.29 is 0 Å². The molecule has 1 aliphatic heterocycles. The van der Waals surface area contributed by atoms with Crippen LogP contribution in [0.15, 0.2) is 23.0 Å². The molecule has 2 aromatic heterocycles. The van der Waals surface area contributed by atoms with Gasteiger partial charge in [-0.1, -0.05) is 6.07 Å². The topological polar surface area (TPSA) is 53.4 Å². The van der Waals surface area contributed by atoms with Crippen LogP contribution >= 0.6 is 0 Å². The molecular weight excluding hydrogens is 216 g/mol. The van der Waals surface area contributed by atoms with Crippen LogP contribution in [0, 0.1) is 0 Å². The molecule has 1 N–H and O–H groups in total. The standard InChI is InChI=1S/C12H16N4O/c1-15-7-3-4-9(8-15)12-14-13-10-5-2-6-11(17)16(10)12/h2,5-6,9,13H,3-4,7-8H2,1H3. The highest BCUT2D eigenvalue weighted by Gasteiger charge is 2.23. The van der Waals surface area contributed by atoms with Gasteiger partial charge in [0.15, 0.2) is 0 Å². The van der Waals surface area contributed by atoms with E-state index < -0.39 is 0 Å². The van der Waals surface area contributed by atoms with Crippen molar-refractivity contribution in [2.24, 2.45) is 0 Å². The Labute approximate surface area is 99.1 Å². The second-order valence-electron chi connectivity index (χ2n) is 4.77. The highest BCUT2D eigenvalue weighted by Crippen LogP contribution is 2.24. The summed E-state index contributed by atoms with van der Waals surface area (Å²) in [5.74, 6) is 1.22. The van der Waals surface area contributed by atoms with Crippen molar-refractivity contribution in [2.75, 3.05) is 20.1 Å². The predicted molar refractivity (Wildman–Crippen MR) is 65.3 cm³/mol. The van der Waals surface area contributed by atoms with Crippen LogP contribution in [0.4, 0.5) is 0 Å². The summed E-state index contributed by atoms with van der Waals surface area (Å²) in [5, 5.41) is 7.26. The van der Waals surface area contributed by atoms with Gasteiger partial charge in [-0.25, -0.2) is 4.40 Å². The van der Waals surface area contributed by atoms with E-state index in [-0.39, 0.29) is 5.56 Å². The molecule has 3 heterocycles. The number of aromatic nitrogens is 3. The summed E-state index contributed by atoms with van der Waals surface area (Å²) in [4.78, 5) is 14.2. The molecule has 17 heavy (non-hydrogen) atoms. The van der Waals surface area contributed by atoms with E-state index in [0.717, 1.165) is 37.4 Å². The lowest BCUT2D eigenvalue weighted by molar-refractivity contribution is 0.245. The number of nitrogens with zero attached hydrogens (tertiary/aromatic N) is 3. The van der Waals surface area contributed by atoms with Crippen LogP contribution in [-0.4, -0.2) is 39.6 Å². The van der Waals surface area contributed by atoms with Crippen LogP contribution in [0.3, 0.4) is 0 Å². The molecule has 0 radical (unpaired) electrons. The van der Waals surface area contributed by atoms with Crippen molar-refractivity contribution in [3.05, 3.63) is 34.4 Å². The Morgan fingerprint density at radius 2 is 2.35 bits per heavy atom. The van der Waals surface area contributed by atoms with Crippen LogP contribution in [0.5, 0.6) is 0 Å². The fourth-order valence-corrected chi connectivity index (χ4v) is 2.63. The largest absolute Gasteiger partial charge is 0.306 e. The summed E-state index contributed by atoms with van der Waals surface area (Å²) >= 11 is 0. The minimum Gasteiger partial charge on any atom is -0.306 e. The van der Waals surface area contributed by atoms with E-state index >= 15 is 0 Å². The number of piperidine rings is 1. The van der Waals surface area contributed by atoms with Crippen molar-refractivity contribution in [1.82, 2.24) is 19.5 Å². The molecule has 0 bridgehead atoms. The molecule has 2 aromatic rings. The Kier molecular flexibility index (Phi) is 2.48. The predicted octanol–water partition coefficient (Wildman–Crippen LogP) is 0.832. The summed E-state index contributed by atoms with van der Waals surface area (Å²) in [7, 11) is 2.11. The first-order valence-corrected chi connectivity index (χ1v) is 6.00. The molecule has 5 heteroatoms. The summed E-state index contributed by atoms with van der Waals surface area (Å²) in [6.45, 7) is 2.11. The second-order valence-corrected chi connectivity index (χ2v) is 4.77. The van der Waals surface area contributed by atoms with Crippen LogP contribution in [0.25, 0.3) is 5.65 Å². The SMILES string of the molecule is CN1CCCC(c2n[nH]c3cccc(=O)n23)C1. The maximum absolute atomic E-state index is 11.9. The molecule has 1 unspecified atom stereocenters. The first-order chi connectivity index (χ1) is 8.25. The molecule has 0 spiro atoms. The Bertz CT molecular complexity index is 585. The Balaban J connectivity index is 2.08. The van der Waals surface area contributed by atoms with Crippen molar-refractivity contribution >= 4 is 5.65 Å². The van der Waals surface area contributed by atoms with Gasteiger partial charge in [0.2, 0.25) is 0 Å². The number of likely N-dealkylation sites (N-methyl/N-ethyl adjacent to an activating group) is 1. The molecule has 0 amide bonds. The smallest absolute Gasteiger partial charge is 0.257 e. The van der Waals surface area contributed by atoms with E-state index in [1.165, 1.54) is 0 Å². The van der Waals surface area contributed by atoms with Gasteiger partial charge in [-0.15, -0.1) is 0 Å². The summed E-state index contributed by atoms with van der Waals surface area (Å²) in [6, 6.07) is 5.22. The first kappa shape index (κ1) is 10.5. The molecule has 90 valence electrons. The zero-order chi connectivity index (χ0) is 11.8. The molecule has 0 saturated carbocycles. The van der Waals surface area contributed by atoms with Crippen LogP contribution < -0.4 is 5.56 Å². The van der Waals surface area contributed by atoms with Gasteiger partial charge in [0.25, 0.3) is 5.56 Å². The molecular formula is C12H16N4O. The number of pyridine rings is 1. The quantitative estimate of drug-likeness (QED) is 0.792. The lowest BCUT2D eigenvalue weighted by Gasteiger charge is -2.28. The minimum atomic E-state index is -0.000485. The Hall–Kier alpha value is -1.62. The van der Waals surface area contributed by atoms with Crippen molar-refractivity contribution in [3.8, 4) is 0 Å².